The van der Waals surface area contributed by atoms with E-state index in [1.54, 1.807) is 5.57 Å². The molecule has 1 N–H and O–H groups in total. The molecule has 2 heteroatoms. The summed E-state index contributed by atoms with van der Waals surface area (Å²) in [6.45, 7) is 2.73. The van der Waals surface area contributed by atoms with Crippen molar-refractivity contribution >= 4 is 0 Å². The van der Waals surface area contributed by atoms with Gasteiger partial charge in [-0.2, -0.15) is 0 Å². The number of hydrogen-bond acceptors (Lipinski definition) is 1. The van der Waals surface area contributed by atoms with E-state index in [-0.39, 0.29) is 6.10 Å². The maximum absolute atomic E-state index is 9.68. The first kappa shape index (κ1) is 8.93. The first-order valence-corrected chi connectivity index (χ1v) is 5.93. The second kappa shape index (κ2) is 2.83. The number of rotatable bonds is 0. The van der Waals surface area contributed by atoms with Crippen LogP contribution in [0, 0.1) is 5.92 Å². The van der Waals surface area contributed by atoms with Crippen molar-refractivity contribution in [2.75, 3.05) is 20.1 Å². The minimum Gasteiger partial charge on any atom is -0.389 e. The lowest BCUT2D eigenvalue weighted by atomic mass is 9.72. The second-order valence-electron chi connectivity index (χ2n) is 5.53. The zero-order chi connectivity index (χ0) is 9.76. The minimum absolute atomic E-state index is 0.145. The maximum Gasteiger partial charge on any atom is 0.111 e. The summed E-state index contributed by atoms with van der Waals surface area (Å²) < 4.78 is 1.26. The summed E-state index contributed by atoms with van der Waals surface area (Å²) in [5, 5.41) is 9.68. The van der Waals surface area contributed by atoms with Crippen LogP contribution in [0.1, 0.15) is 25.7 Å². The van der Waals surface area contributed by atoms with E-state index in [4.69, 9.17) is 0 Å². The molecule has 0 radical (unpaired) electrons. The van der Waals surface area contributed by atoms with Crippen LogP contribution in [0.5, 0.6) is 0 Å². The Morgan fingerprint density at radius 3 is 2.64 bits per heavy atom. The highest BCUT2D eigenvalue weighted by atomic mass is 16.3. The van der Waals surface area contributed by atoms with Gasteiger partial charge in [0.05, 0.1) is 26.2 Å². The van der Waals surface area contributed by atoms with E-state index in [0.717, 1.165) is 18.4 Å². The highest BCUT2D eigenvalue weighted by molar-refractivity contribution is 5.21. The zero-order valence-corrected chi connectivity index (χ0v) is 8.95. The van der Waals surface area contributed by atoms with Crippen LogP contribution in [0.4, 0.5) is 0 Å². The molecule has 3 saturated heterocycles. The van der Waals surface area contributed by atoms with Gasteiger partial charge in [0.15, 0.2) is 0 Å². The van der Waals surface area contributed by atoms with Crippen molar-refractivity contribution in [3.8, 4) is 0 Å². The van der Waals surface area contributed by atoms with Gasteiger partial charge in [0.1, 0.15) is 6.04 Å². The molecule has 0 aromatic rings. The molecule has 2 atom stereocenters. The quantitative estimate of drug-likeness (QED) is 0.455. The Labute approximate surface area is 85.8 Å². The predicted octanol–water partition coefficient (Wildman–Crippen LogP) is 1.31. The Balaban J connectivity index is 1.99. The molecule has 0 aromatic carbocycles. The number of hydrogen-bond donors (Lipinski definition) is 1. The predicted molar refractivity (Wildman–Crippen MR) is 55.8 cm³/mol. The van der Waals surface area contributed by atoms with Crippen molar-refractivity contribution < 1.29 is 9.59 Å². The van der Waals surface area contributed by atoms with Crippen LogP contribution in [-0.4, -0.2) is 41.9 Å². The summed E-state index contributed by atoms with van der Waals surface area (Å²) in [7, 11) is 2.41. The number of piperidine rings is 3. The van der Waals surface area contributed by atoms with Gasteiger partial charge in [-0.15, -0.1) is 0 Å². The molecule has 14 heavy (non-hydrogen) atoms. The van der Waals surface area contributed by atoms with Crippen molar-refractivity contribution in [3.05, 3.63) is 11.6 Å². The number of aliphatic hydroxyl groups excluding tert-OH is 1. The Kier molecular flexibility index (Phi) is 1.80. The zero-order valence-electron chi connectivity index (χ0n) is 8.95. The first-order chi connectivity index (χ1) is 6.69. The third-order valence-electron chi connectivity index (χ3n) is 4.71. The van der Waals surface area contributed by atoms with Crippen molar-refractivity contribution in [1.82, 2.24) is 0 Å². The SMILES string of the molecule is C[N+]12CCC(CC1)C1=C[C@H](O)CC[C@@H]12. The molecule has 1 aliphatic carbocycles. The van der Waals surface area contributed by atoms with Gasteiger partial charge in [0.25, 0.3) is 0 Å². The molecule has 3 aliphatic heterocycles. The van der Waals surface area contributed by atoms with Crippen LogP contribution in [-0.2, 0) is 0 Å². The Morgan fingerprint density at radius 2 is 1.93 bits per heavy atom. The summed E-state index contributed by atoms with van der Waals surface area (Å²) in [5.74, 6) is 0.815. The Bertz CT molecular complexity index is 276. The molecule has 0 amide bonds. The summed E-state index contributed by atoms with van der Waals surface area (Å²) in [6, 6.07) is 0.755. The van der Waals surface area contributed by atoms with Crippen molar-refractivity contribution in [3.63, 3.8) is 0 Å². The molecular weight excluding hydrogens is 174 g/mol. The molecule has 4 aliphatic rings. The molecule has 2 nitrogen and oxygen atoms in total. The van der Waals surface area contributed by atoms with E-state index >= 15 is 0 Å². The second-order valence-corrected chi connectivity index (χ2v) is 5.53. The van der Waals surface area contributed by atoms with E-state index in [9.17, 15) is 5.11 Å². The molecule has 0 saturated carbocycles. The number of aliphatic hydroxyl groups is 1. The monoisotopic (exact) mass is 194 g/mol. The van der Waals surface area contributed by atoms with Crippen LogP contribution in [0.15, 0.2) is 11.6 Å². The van der Waals surface area contributed by atoms with Crippen molar-refractivity contribution in [2.24, 2.45) is 5.92 Å². The Hall–Kier alpha value is -0.340. The van der Waals surface area contributed by atoms with Gasteiger partial charge in [0.2, 0.25) is 0 Å². The number of quaternary nitrogens is 1. The van der Waals surface area contributed by atoms with Gasteiger partial charge in [-0.1, -0.05) is 6.08 Å². The Morgan fingerprint density at radius 1 is 1.21 bits per heavy atom. The van der Waals surface area contributed by atoms with Crippen LogP contribution in [0.3, 0.4) is 0 Å². The highest BCUT2D eigenvalue weighted by Gasteiger charge is 2.48. The first-order valence-electron chi connectivity index (χ1n) is 5.93. The van der Waals surface area contributed by atoms with Gasteiger partial charge in [-0.3, -0.25) is 0 Å². The average Bonchev–Trinajstić information content (AvgIpc) is 2.18. The molecular formula is C12H20NO+. The standard InChI is InChI=1S/C12H20NO/c1-13-6-4-9(5-7-13)11-8-10(14)2-3-12(11)13/h8-10,12,14H,2-7H2,1H3/q+1/t9?,10-,12+,13?/m1/s1. The average molecular weight is 194 g/mol. The molecule has 3 heterocycles. The molecule has 3 fully saturated rings. The molecule has 0 aromatic heterocycles. The van der Waals surface area contributed by atoms with E-state index in [2.05, 4.69) is 13.1 Å². The summed E-state index contributed by atoms with van der Waals surface area (Å²) in [4.78, 5) is 0. The molecule has 2 bridgehead atoms. The molecule has 4 rings (SSSR count). The van der Waals surface area contributed by atoms with Gasteiger partial charge < -0.3 is 9.59 Å². The van der Waals surface area contributed by atoms with Crippen LogP contribution >= 0.6 is 0 Å². The lowest BCUT2D eigenvalue weighted by Gasteiger charge is -2.55. The number of likely N-dealkylation sites (N-methyl/N-ethyl adjacent to an activating group) is 1. The minimum atomic E-state index is -0.145. The molecule has 78 valence electrons. The third kappa shape index (κ3) is 1.10. The third-order valence-corrected chi connectivity index (χ3v) is 4.71. The van der Waals surface area contributed by atoms with Gasteiger partial charge in [-0.05, 0) is 17.9 Å². The van der Waals surface area contributed by atoms with Gasteiger partial charge in [0, 0.05) is 19.3 Å². The maximum atomic E-state index is 9.68. The summed E-state index contributed by atoms with van der Waals surface area (Å²) >= 11 is 0. The normalized spacial score (nSPS) is 51.3. The van der Waals surface area contributed by atoms with Crippen LogP contribution in [0.2, 0.25) is 0 Å². The highest BCUT2D eigenvalue weighted by Crippen LogP contribution is 2.44. The fourth-order valence-corrected chi connectivity index (χ4v) is 3.79. The fourth-order valence-electron chi connectivity index (χ4n) is 3.79. The summed E-state index contributed by atoms with van der Waals surface area (Å²) in [6.07, 6.45) is 6.92. The topological polar surface area (TPSA) is 20.2 Å². The van der Waals surface area contributed by atoms with E-state index in [1.807, 2.05) is 0 Å². The lowest BCUT2D eigenvalue weighted by Crippen LogP contribution is -2.63. The van der Waals surface area contributed by atoms with E-state index in [1.165, 1.54) is 36.8 Å². The molecule has 0 spiro atoms. The van der Waals surface area contributed by atoms with Crippen LogP contribution < -0.4 is 0 Å². The molecule has 0 unspecified atom stereocenters. The number of nitrogens with zero attached hydrogens (tertiary/aromatic N) is 1. The van der Waals surface area contributed by atoms with E-state index < -0.39 is 0 Å². The van der Waals surface area contributed by atoms with Gasteiger partial charge >= 0.3 is 0 Å². The fraction of sp³-hybridized carbons (Fsp3) is 0.833. The van der Waals surface area contributed by atoms with Crippen molar-refractivity contribution in [1.29, 1.82) is 0 Å². The number of fused-ring (bicyclic) bond motifs is 2. The summed E-state index contributed by atoms with van der Waals surface area (Å²) in [5.41, 5.74) is 1.60. The smallest absolute Gasteiger partial charge is 0.111 e. The van der Waals surface area contributed by atoms with Gasteiger partial charge in [-0.25, -0.2) is 0 Å². The van der Waals surface area contributed by atoms with Crippen LogP contribution in [0.25, 0.3) is 0 Å². The van der Waals surface area contributed by atoms with Crippen molar-refractivity contribution in [2.45, 2.75) is 37.8 Å². The van der Waals surface area contributed by atoms with E-state index in [0.29, 0.717) is 0 Å². The lowest BCUT2D eigenvalue weighted by molar-refractivity contribution is -0.941. The largest absolute Gasteiger partial charge is 0.389 e.